The molecule has 2 nitrogen and oxygen atoms in total. The zero-order chi connectivity index (χ0) is 13.8. The van der Waals surface area contributed by atoms with Gasteiger partial charge in [0.15, 0.2) is 0 Å². The summed E-state index contributed by atoms with van der Waals surface area (Å²) in [5.41, 5.74) is -0.0841. The van der Waals surface area contributed by atoms with Crippen molar-refractivity contribution < 1.29 is 9.18 Å². The molecule has 0 fully saturated rings. The zero-order valence-corrected chi connectivity index (χ0v) is 12.7. The lowest BCUT2D eigenvalue weighted by atomic mass is 10.0. The van der Waals surface area contributed by atoms with E-state index in [-0.39, 0.29) is 28.5 Å². The van der Waals surface area contributed by atoms with Gasteiger partial charge < -0.3 is 5.32 Å². The van der Waals surface area contributed by atoms with Crippen molar-refractivity contribution in [3.05, 3.63) is 34.6 Å². The van der Waals surface area contributed by atoms with Crippen LogP contribution < -0.4 is 5.32 Å². The molecule has 1 atom stereocenters. The van der Waals surface area contributed by atoms with Gasteiger partial charge >= 0.3 is 0 Å². The molecule has 0 aliphatic heterocycles. The van der Waals surface area contributed by atoms with E-state index >= 15 is 0 Å². The summed E-state index contributed by atoms with van der Waals surface area (Å²) in [4.78, 5) is 11.9. The summed E-state index contributed by atoms with van der Waals surface area (Å²) in [6, 6.07) is 4.41. The van der Waals surface area contributed by atoms with Crippen LogP contribution in [0.15, 0.2) is 18.2 Å². The summed E-state index contributed by atoms with van der Waals surface area (Å²) in [5, 5.41) is 3.81. The number of carbonyl (C=O) groups is 1. The van der Waals surface area contributed by atoms with E-state index in [9.17, 15) is 9.18 Å². The van der Waals surface area contributed by atoms with E-state index in [0.29, 0.717) is 5.33 Å². The fraction of sp³-hybridized carbons (Fsp3) is 0.462. The minimum Gasteiger partial charge on any atom is -0.350 e. The van der Waals surface area contributed by atoms with Crippen molar-refractivity contribution >= 4 is 33.4 Å². The first-order valence-electron chi connectivity index (χ1n) is 5.71. The van der Waals surface area contributed by atoms with E-state index in [2.05, 4.69) is 21.2 Å². The van der Waals surface area contributed by atoms with Gasteiger partial charge in [-0.3, -0.25) is 4.79 Å². The standard InChI is InChI=1S/C13H16BrClFNO/c1-3-13(2,8-14)17-12(18)7-9-10(15)5-4-6-11(9)16/h4-6H,3,7-8H2,1-2H3,(H,17,18). The van der Waals surface area contributed by atoms with E-state index in [1.807, 2.05) is 13.8 Å². The molecule has 0 aliphatic carbocycles. The highest BCUT2D eigenvalue weighted by molar-refractivity contribution is 9.09. The van der Waals surface area contributed by atoms with E-state index < -0.39 is 5.82 Å². The molecule has 18 heavy (non-hydrogen) atoms. The van der Waals surface area contributed by atoms with Gasteiger partial charge in [-0.25, -0.2) is 4.39 Å². The highest BCUT2D eigenvalue weighted by atomic mass is 79.9. The number of hydrogen-bond acceptors (Lipinski definition) is 1. The number of rotatable bonds is 5. The molecule has 0 aromatic heterocycles. The molecular formula is C13H16BrClFNO. The minimum absolute atomic E-state index is 0.0475. The fourth-order valence-electron chi connectivity index (χ4n) is 1.46. The van der Waals surface area contributed by atoms with Gasteiger partial charge in [-0.15, -0.1) is 0 Å². The number of benzene rings is 1. The van der Waals surface area contributed by atoms with E-state index in [1.54, 1.807) is 6.07 Å². The van der Waals surface area contributed by atoms with Crippen molar-refractivity contribution in [2.75, 3.05) is 5.33 Å². The molecule has 1 amide bonds. The maximum absolute atomic E-state index is 13.5. The van der Waals surface area contributed by atoms with Crippen molar-refractivity contribution in [3.63, 3.8) is 0 Å². The smallest absolute Gasteiger partial charge is 0.225 e. The number of carbonyl (C=O) groups excluding carboxylic acids is 1. The lowest BCUT2D eigenvalue weighted by Gasteiger charge is -2.27. The van der Waals surface area contributed by atoms with Gasteiger partial charge in [-0.2, -0.15) is 0 Å². The Labute approximate surface area is 120 Å². The molecular weight excluding hydrogens is 321 g/mol. The molecule has 0 bridgehead atoms. The molecule has 0 aliphatic rings. The Kier molecular flexibility index (Phi) is 5.60. The Balaban J connectivity index is 2.77. The highest BCUT2D eigenvalue weighted by Gasteiger charge is 2.23. The summed E-state index contributed by atoms with van der Waals surface area (Å²) in [5.74, 6) is -0.680. The Morgan fingerprint density at radius 2 is 2.22 bits per heavy atom. The van der Waals surface area contributed by atoms with Gasteiger partial charge in [0.1, 0.15) is 5.82 Å². The normalized spacial score (nSPS) is 14.1. The molecule has 0 heterocycles. The Hall–Kier alpha value is -0.610. The van der Waals surface area contributed by atoms with Crippen LogP contribution in [0.4, 0.5) is 4.39 Å². The zero-order valence-electron chi connectivity index (χ0n) is 10.4. The Morgan fingerprint density at radius 3 is 2.72 bits per heavy atom. The van der Waals surface area contributed by atoms with Gasteiger partial charge in [-0.05, 0) is 25.5 Å². The predicted octanol–water partition coefficient (Wildman–Crippen LogP) is 3.70. The van der Waals surface area contributed by atoms with Crippen molar-refractivity contribution in [1.82, 2.24) is 5.32 Å². The third-order valence-corrected chi connectivity index (χ3v) is 4.51. The van der Waals surface area contributed by atoms with Crippen LogP contribution in [0.25, 0.3) is 0 Å². The number of halogens is 3. The van der Waals surface area contributed by atoms with Crippen LogP contribution in [0.3, 0.4) is 0 Å². The van der Waals surface area contributed by atoms with Crippen molar-refractivity contribution in [3.8, 4) is 0 Å². The summed E-state index contributed by atoms with van der Waals surface area (Å²) in [6.07, 6.45) is 0.739. The van der Waals surface area contributed by atoms with Crippen LogP contribution in [0.2, 0.25) is 5.02 Å². The summed E-state index contributed by atoms with van der Waals surface area (Å²) in [6.45, 7) is 3.92. The van der Waals surface area contributed by atoms with Gasteiger partial charge in [0.2, 0.25) is 5.91 Å². The van der Waals surface area contributed by atoms with Gasteiger partial charge in [0.05, 0.1) is 6.42 Å². The molecule has 0 saturated carbocycles. The second kappa shape index (κ2) is 6.53. The molecule has 5 heteroatoms. The topological polar surface area (TPSA) is 29.1 Å². The molecule has 1 unspecified atom stereocenters. The van der Waals surface area contributed by atoms with Crippen LogP contribution in [-0.2, 0) is 11.2 Å². The maximum Gasteiger partial charge on any atom is 0.225 e. The van der Waals surface area contributed by atoms with Crippen LogP contribution in [-0.4, -0.2) is 16.8 Å². The lowest BCUT2D eigenvalue weighted by molar-refractivity contribution is -0.122. The second-order valence-corrected chi connectivity index (χ2v) is 5.44. The van der Waals surface area contributed by atoms with Gasteiger partial charge in [-0.1, -0.05) is 40.5 Å². The van der Waals surface area contributed by atoms with Crippen LogP contribution in [0.5, 0.6) is 0 Å². The summed E-state index contributed by atoms with van der Waals surface area (Å²) < 4.78 is 13.5. The molecule has 1 aromatic rings. The van der Waals surface area contributed by atoms with Crippen molar-refractivity contribution in [2.45, 2.75) is 32.2 Å². The Bertz CT molecular complexity index is 415. The lowest BCUT2D eigenvalue weighted by Crippen LogP contribution is -2.47. The average molecular weight is 337 g/mol. The van der Waals surface area contributed by atoms with Crippen LogP contribution >= 0.6 is 27.5 Å². The highest BCUT2D eigenvalue weighted by Crippen LogP contribution is 2.20. The van der Waals surface area contributed by atoms with Crippen LogP contribution in [0.1, 0.15) is 25.8 Å². The molecule has 1 N–H and O–H groups in total. The molecule has 1 rings (SSSR count). The van der Waals surface area contributed by atoms with Crippen molar-refractivity contribution in [1.29, 1.82) is 0 Å². The number of alkyl halides is 1. The monoisotopic (exact) mass is 335 g/mol. The second-order valence-electron chi connectivity index (χ2n) is 4.47. The summed E-state index contributed by atoms with van der Waals surface area (Å²) >= 11 is 9.24. The molecule has 0 saturated heterocycles. The molecule has 0 spiro atoms. The van der Waals surface area contributed by atoms with E-state index in [4.69, 9.17) is 11.6 Å². The summed E-state index contributed by atoms with van der Waals surface area (Å²) in [7, 11) is 0. The third-order valence-electron chi connectivity index (χ3n) is 2.92. The average Bonchev–Trinajstić information content (AvgIpc) is 2.34. The third kappa shape index (κ3) is 3.95. The van der Waals surface area contributed by atoms with E-state index in [1.165, 1.54) is 12.1 Å². The first kappa shape index (κ1) is 15.4. The first-order chi connectivity index (χ1) is 8.41. The SMILES string of the molecule is CCC(C)(CBr)NC(=O)Cc1c(F)cccc1Cl. The molecule has 0 radical (unpaired) electrons. The predicted molar refractivity (Wildman–Crippen MR) is 75.7 cm³/mol. The van der Waals surface area contributed by atoms with Gasteiger partial charge in [0.25, 0.3) is 0 Å². The molecule has 1 aromatic carbocycles. The Morgan fingerprint density at radius 1 is 1.56 bits per heavy atom. The largest absolute Gasteiger partial charge is 0.350 e. The fourth-order valence-corrected chi connectivity index (χ4v) is 2.23. The number of amides is 1. The number of hydrogen-bond donors (Lipinski definition) is 1. The van der Waals surface area contributed by atoms with Crippen LogP contribution in [0, 0.1) is 5.82 Å². The minimum atomic E-state index is -0.449. The van der Waals surface area contributed by atoms with E-state index in [0.717, 1.165) is 6.42 Å². The number of nitrogens with one attached hydrogen (secondary N) is 1. The first-order valence-corrected chi connectivity index (χ1v) is 7.21. The molecule has 100 valence electrons. The maximum atomic E-state index is 13.5. The quantitative estimate of drug-likeness (QED) is 0.816. The van der Waals surface area contributed by atoms with Gasteiger partial charge in [0, 0.05) is 21.5 Å². The van der Waals surface area contributed by atoms with Crippen molar-refractivity contribution in [2.24, 2.45) is 0 Å².